The van der Waals surface area contributed by atoms with Crippen molar-refractivity contribution in [2.75, 3.05) is 11.1 Å². The minimum absolute atomic E-state index is 0.502. The molecule has 0 radical (unpaired) electrons. The first-order valence-electron chi connectivity index (χ1n) is 5.29. The molecule has 2 aromatic carbocycles. The average Bonchev–Trinajstić information content (AvgIpc) is 2.27. The maximum atomic E-state index is 6.08. The van der Waals surface area contributed by atoms with E-state index in [-0.39, 0.29) is 0 Å². The van der Waals surface area contributed by atoms with E-state index in [9.17, 15) is 0 Å². The standard InChI is InChI=1S/C13H11Cl3N2/c14-9-3-1-2-8(4-9)7-18-13-11(15)5-10(17)6-12(13)16/h1-6,18H,7,17H2. The summed E-state index contributed by atoms with van der Waals surface area (Å²) >= 11 is 18.1. The van der Waals surface area contributed by atoms with E-state index < -0.39 is 0 Å². The van der Waals surface area contributed by atoms with Gasteiger partial charge < -0.3 is 11.1 Å². The van der Waals surface area contributed by atoms with Gasteiger partial charge in [-0.15, -0.1) is 0 Å². The van der Waals surface area contributed by atoms with Crippen molar-refractivity contribution in [1.82, 2.24) is 0 Å². The van der Waals surface area contributed by atoms with Crippen LogP contribution in [0.2, 0.25) is 15.1 Å². The Morgan fingerprint density at radius 2 is 1.67 bits per heavy atom. The van der Waals surface area contributed by atoms with Crippen LogP contribution in [0.5, 0.6) is 0 Å². The van der Waals surface area contributed by atoms with Crippen molar-refractivity contribution >= 4 is 46.2 Å². The van der Waals surface area contributed by atoms with Crippen molar-refractivity contribution in [3.63, 3.8) is 0 Å². The molecule has 0 unspecified atom stereocenters. The summed E-state index contributed by atoms with van der Waals surface area (Å²) in [5, 5.41) is 4.88. The third-order valence-electron chi connectivity index (χ3n) is 2.42. The second-order valence-electron chi connectivity index (χ2n) is 3.84. The first-order valence-corrected chi connectivity index (χ1v) is 6.42. The van der Waals surface area contributed by atoms with E-state index in [1.165, 1.54) is 0 Å². The van der Waals surface area contributed by atoms with Crippen LogP contribution < -0.4 is 11.1 Å². The lowest BCUT2D eigenvalue weighted by atomic mass is 10.2. The molecule has 2 nitrogen and oxygen atoms in total. The molecule has 18 heavy (non-hydrogen) atoms. The summed E-state index contributed by atoms with van der Waals surface area (Å²) in [5.41, 5.74) is 7.90. The molecule has 0 heterocycles. The fourth-order valence-electron chi connectivity index (χ4n) is 1.60. The van der Waals surface area contributed by atoms with Gasteiger partial charge in [-0.3, -0.25) is 0 Å². The maximum absolute atomic E-state index is 6.08. The largest absolute Gasteiger partial charge is 0.399 e. The second kappa shape index (κ2) is 5.70. The van der Waals surface area contributed by atoms with Gasteiger partial charge in [-0.1, -0.05) is 46.9 Å². The maximum Gasteiger partial charge on any atom is 0.0723 e. The van der Waals surface area contributed by atoms with E-state index in [1.807, 2.05) is 24.3 Å². The molecule has 0 saturated heterocycles. The van der Waals surface area contributed by atoms with Crippen molar-refractivity contribution in [3.8, 4) is 0 Å². The molecule has 0 aromatic heterocycles. The van der Waals surface area contributed by atoms with Crippen LogP contribution in [0.15, 0.2) is 36.4 Å². The van der Waals surface area contributed by atoms with Crippen LogP contribution in [0.25, 0.3) is 0 Å². The molecule has 0 atom stereocenters. The smallest absolute Gasteiger partial charge is 0.0723 e. The van der Waals surface area contributed by atoms with Gasteiger partial charge in [0.05, 0.1) is 15.7 Å². The average molecular weight is 302 g/mol. The van der Waals surface area contributed by atoms with Crippen LogP contribution in [0.4, 0.5) is 11.4 Å². The molecule has 0 amide bonds. The fraction of sp³-hybridized carbons (Fsp3) is 0.0769. The predicted molar refractivity (Wildman–Crippen MR) is 79.7 cm³/mol. The summed E-state index contributed by atoms with van der Waals surface area (Å²) in [6.07, 6.45) is 0. The Hall–Kier alpha value is -1.09. The van der Waals surface area contributed by atoms with E-state index in [0.29, 0.717) is 33.0 Å². The molecule has 0 fully saturated rings. The van der Waals surface area contributed by atoms with Gasteiger partial charge in [-0.2, -0.15) is 0 Å². The number of anilines is 2. The van der Waals surface area contributed by atoms with E-state index in [2.05, 4.69) is 5.32 Å². The minimum atomic E-state index is 0.502. The third kappa shape index (κ3) is 3.22. The molecule has 3 N–H and O–H groups in total. The molecule has 0 aliphatic heterocycles. The molecule has 2 rings (SSSR count). The molecule has 94 valence electrons. The van der Waals surface area contributed by atoms with Crippen LogP contribution >= 0.6 is 34.8 Å². The van der Waals surface area contributed by atoms with Crippen LogP contribution in [0, 0.1) is 0 Å². The van der Waals surface area contributed by atoms with E-state index in [4.69, 9.17) is 40.5 Å². The van der Waals surface area contributed by atoms with Crippen LogP contribution in [0.1, 0.15) is 5.56 Å². The summed E-state index contributed by atoms with van der Waals surface area (Å²) in [6, 6.07) is 10.9. The summed E-state index contributed by atoms with van der Waals surface area (Å²) in [4.78, 5) is 0. The van der Waals surface area contributed by atoms with Gasteiger partial charge in [0.1, 0.15) is 0 Å². The number of halogens is 3. The highest BCUT2D eigenvalue weighted by Gasteiger charge is 2.07. The zero-order valence-corrected chi connectivity index (χ0v) is 11.7. The van der Waals surface area contributed by atoms with Gasteiger partial charge in [0, 0.05) is 17.3 Å². The molecule has 5 heteroatoms. The molecular weight excluding hydrogens is 291 g/mol. The Bertz CT molecular complexity index is 547. The Morgan fingerprint density at radius 3 is 2.28 bits per heavy atom. The third-order valence-corrected chi connectivity index (χ3v) is 3.25. The number of nitrogen functional groups attached to an aromatic ring is 1. The highest BCUT2D eigenvalue weighted by molar-refractivity contribution is 6.39. The quantitative estimate of drug-likeness (QED) is 0.796. The van der Waals surface area contributed by atoms with Crippen LogP contribution in [0.3, 0.4) is 0 Å². The van der Waals surface area contributed by atoms with Crippen molar-refractivity contribution < 1.29 is 0 Å². The lowest BCUT2D eigenvalue weighted by Gasteiger charge is -2.11. The van der Waals surface area contributed by atoms with E-state index in [1.54, 1.807) is 12.1 Å². The molecule has 0 aliphatic rings. The minimum Gasteiger partial charge on any atom is -0.399 e. The molecular formula is C13H11Cl3N2. The number of rotatable bonds is 3. The lowest BCUT2D eigenvalue weighted by molar-refractivity contribution is 1.15. The van der Waals surface area contributed by atoms with Gasteiger partial charge in [0.2, 0.25) is 0 Å². The molecule has 0 aliphatic carbocycles. The summed E-state index contributed by atoms with van der Waals surface area (Å²) in [5.74, 6) is 0. The summed E-state index contributed by atoms with van der Waals surface area (Å²) in [7, 11) is 0. The second-order valence-corrected chi connectivity index (χ2v) is 5.09. The van der Waals surface area contributed by atoms with E-state index in [0.717, 1.165) is 5.56 Å². The van der Waals surface area contributed by atoms with Gasteiger partial charge >= 0.3 is 0 Å². The lowest BCUT2D eigenvalue weighted by Crippen LogP contribution is -2.01. The Kier molecular flexibility index (Phi) is 4.23. The summed E-state index contributed by atoms with van der Waals surface area (Å²) < 4.78 is 0. The first kappa shape index (κ1) is 13.3. The molecule has 0 saturated carbocycles. The Morgan fingerprint density at radius 1 is 1.00 bits per heavy atom. The highest BCUT2D eigenvalue weighted by atomic mass is 35.5. The van der Waals surface area contributed by atoms with Crippen LogP contribution in [-0.4, -0.2) is 0 Å². The fourth-order valence-corrected chi connectivity index (χ4v) is 2.45. The zero-order chi connectivity index (χ0) is 13.1. The van der Waals surface area contributed by atoms with Crippen LogP contribution in [-0.2, 0) is 6.54 Å². The van der Waals surface area contributed by atoms with Crippen molar-refractivity contribution in [2.24, 2.45) is 0 Å². The monoisotopic (exact) mass is 300 g/mol. The van der Waals surface area contributed by atoms with Crippen molar-refractivity contribution in [3.05, 3.63) is 57.0 Å². The number of hydrogen-bond acceptors (Lipinski definition) is 2. The molecule has 2 aromatic rings. The van der Waals surface area contributed by atoms with Crippen molar-refractivity contribution in [2.45, 2.75) is 6.54 Å². The van der Waals surface area contributed by atoms with Gasteiger partial charge in [-0.05, 0) is 29.8 Å². The van der Waals surface area contributed by atoms with Gasteiger partial charge in [0.25, 0.3) is 0 Å². The topological polar surface area (TPSA) is 38.0 Å². The Labute approximate surface area is 121 Å². The molecule has 0 spiro atoms. The Balaban J connectivity index is 2.16. The number of benzene rings is 2. The number of hydrogen-bond donors (Lipinski definition) is 2. The number of nitrogens with two attached hydrogens (primary N) is 1. The molecule has 0 bridgehead atoms. The normalized spacial score (nSPS) is 10.4. The highest BCUT2D eigenvalue weighted by Crippen LogP contribution is 2.33. The summed E-state index contributed by atoms with van der Waals surface area (Å²) in [6.45, 7) is 0.587. The zero-order valence-electron chi connectivity index (χ0n) is 9.38. The SMILES string of the molecule is Nc1cc(Cl)c(NCc2cccc(Cl)c2)c(Cl)c1. The van der Waals surface area contributed by atoms with E-state index >= 15 is 0 Å². The van der Waals surface area contributed by atoms with Gasteiger partial charge in [0.15, 0.2) is 0 Å². The predicted octanol–water partition coefficient (Wildman–Crippen LogP) is 4.84. The first-order chi connectivity index (χ1) is 8.56. The number of nitrogens with one attached hydrogen (secondary N) is 1. The van der Waals surface area contributed by atoms with Crippen molar-refractivity contribution in [1.29, 1.82) is 0 Å². The van der Waals surface area contributed by atoms with Gasteiger partial charge in [-0.25, -0.2) is 0 Å².